The van der Waals surface area contributed by atoms with Gasteiger partial charge in [0.25, 0.3) is 5.56 Å². The summed E-state index contributed by atoms with van der Waals surface area (Å²) in [5, 5.41) is 9.32. The number of aliphatic hydroxyl groups excluding tert-OH is 1. The molecule has 0 radical (unpaired) electrons. The van der Waals surface area contributed by atoms with E-state index in [0.717, 1.165) is 0 Å². The molecule has 14 heavy (non-hydrogen) atoms. The lowest BCUT2D eigenvalue weighted by Crippen LogP contribution is -2.33. The van der Waals surface area contributed by atoms with Crippen molar-refractivity contribution in [2.75, 3.05) is 6.54 Å². The maximum absolute atomic E-state index is 11.6. The van der Waals surface area contributed by atoms with Crippen LogP contribution in [0.4, 0.5) is 0 Å². The zero-order valence-electron chi connectivity index (χ0n) is 7.77. The number of hydrogen-bond acceptors (Lipinski definition) is 4. The Kier molecular flexibility index (Phi) is 3.79. The molecule has 1 rings (SSSR count). The second kappa shape index (κ2) is 4.68. The summed E-state index contributed by atoms with van der Waals surface area (Å²) in [6.07, 6.45) is 0.728. The van der Waals surface area contributed by atoms with E-state index in [9.17, 15) is 9.90 Å². The van der Waals surface area contributed by atoms with Crippen molar-refractivity contribution < 1.29 is 5.11 Å². The normalized spacial score (nSPS) is 12.9. The Hall–Kier alpha value is -0.720. The second-order valence-electron chi connectivity index (χ2n) is 2.96. The fraction of sp³-hybridized carbons (Fsp3) is 0.500. The molecule has 78 valence electrons. The first-order chi connectivity index (χ1) is 6.56. The number of aliphatic hydroxyl groups is 1. The van der Waals surface area contributed by atoms with Crippen molar-refractivity contribution in [2.24, 2.45) is 5.73 Å². The highest BCUT2D eigenvalue weighted by Crippen LogP contribution is 2.01. The topological polar surface area (TPSA) is 81.1 Å². The maximum Gasteiger partial charge on any atom is 0.267 e. The molecule has 1 heterocycles. The van der Waals surface area contributed by atoms with E-state index in [1.54, 1.807) is 6.92 Å². The molecule has 0 saturated carbocycles. The molecule has 1 aromatic heterocycles. The molecule has 0 aliphatic carbocycles. The maximum atomic E-state index is 11.6. The van der Waals surface area contributed by atoms with E-state index in [-0.39, 0.29) is 18.6 Å². The van der Waals surface area contributed by atoms with Gasteiger partial charge < -0.3 is 10.8 Å². The van der Waals surface area contributed by atoms with Crippen LogP contribution in [-0.2, 0) is 6.54 Å². The highest BCUT2D eigenvalue weighted by molar-refractivity contribution is 9.10. The molecule has 0 aliphatic heterocycles. The Morgan fingerprint density at radius 3 is 3.00 bits per heavy atom. The van der Waals surface area contributed by atoms with Gasteiger partial charge in [-0.15, -0.1) is 0 Å². The van der Waals surface area contributed by atoms with Gasteiger partial charge in [0.2, 0.25) is 0 Å². The Bertz CT molecular complexity index is 377. The summed E-state index contributed by atoms with van der Waals surface area (Å²) in [7, 11) is 0. The minimum absolute atomic E-state index is 0.123. The lowest BCUT2D eigenvalue weighted by Gasteiger charge is -2.12. The van der Waals surface area contributed by atoms with Gasteiger partial charge >= 0.3 is 0 Å². The van der Waals surface area contributed by atoms with E-state index in [1.165, 1.54) is 10.8 Å². The first kappa shape index (κ1) is 11.4. The summed E-state index contributed by atoms with van der Waals surface area (Å²) in [4.78, 5) is 15.6. The summed E-state index contributed by atoms with van der Waals surface area (Å²) in [5.41, 5.74) is 5.06. The van der Waals surface area contributed by atoms with Crippen molar-refractivity contribution in [3.05, 3.63) is 26.8 Å². The van der Waals surface area contributed by atoms with Crippen molar-refractivity contribution in [1.82, 2.24) is 9.55 Å². The molecule has 1 aromatic rings. The smallest absolute Gasteiger partial charge is 0.267 e. The number of halogens is 1. The van der Waals surface area contributed by atoms with Crippen LogP contribution in [0.2, 0.25) is 0 Å². The van der Waals surface area contributed by atoms with Gasteiger partial charge in [0.15, 0.2) is 0 Å². The van der Waals surface area contributed by atoms with Crippen molar-refractivity contribution in [3.8, 4) is 0 Å². The highest BCUT2D eigenvalue weighted by Gasteiger charge is 2.09. The van der Waals surface area contributed by atoms with Crippen LogP contribution >= 0.6 is 15.9 Å². The van der Waals surface area contributed by atoms with Gasteiger partial charge in [0.1, 0.15) is 10.3 Å². The number of nitrogens with zero attached hydrogens (tertiary/aromatic N) is 2. The third-order valence-corrected chi connectivity index (χ3v) is 2.41. The van der Waals surface area contributed by atoms with E-state index in [0.29, 0.717) is 10.3 Å². The number of aryl methyl sites for hydroxylation is 1. The van der Waals surface area contributed by atoms with Gasteiger partial charge in [0.05, 0.1) is 12.6 Å². The average molecular weight is 262 g/mol. The monoisotopic (exact) mass is 261 g/mol. The Labute approximate surface area is 89.7 Å². The fourth-order valence-corrected chi connectivity index (χ4v) is 1.37. The van der Waals surface area contributed by atoms with Gasteiger partial charge in [-0.3, -0.25) is 9.36 Å². The summed E-state index contributed by atoms with van der Waals surface area (Å²) < 4.78 is 1.77. The van der Waals surface area contributed by atoms with Crippen LogP contribution < -0.4 is 11.3 Å². The van der Waals surface area contributed by atoms with E-state index in [1.807, 2.05) is 0 Å². The molecule has 1 unspecified atom stereocenters. The van der Waals surface area contributed by atoms with Crippen LogP contribution in [0.25, 0.3) is 0 Å². The quantitative estimate of drug-likeness (QED) is 0.779. The molecule has 0 aliphatic rings. The molecule has 0 bridgehead atoms. The summed E-state index contributed by atoms with van der Waals surface area (Å²) in [5.74, 6) is 0.561. The zero-order valence-corrected chi connectivity index (χ0v) is 9.36. The van der Waals surface area contributed by atoms with Gasteiger partial charge in [-0.05, 0) is 22.9 Å². The van der Waals surface area contributed by atoms with Crippen molar-refractivity contribution in [1.29, 1.82) is 0 Å². The van der Waals surface area contributed by atoms with Crippen molar-refractivity contribution in [2.45, 2.75) is 19.6 Å². The Morgan fingerprint density at radius 1 is 1.79 bits per heavy atom. The van der Waals surface area contributed by atoms with E-state index < -0.39 is 6.10 Å². The van der Waals surface area contributed by atoms with Gasteiger partial charge in [-0.1, -0.05) is 0 Å². The predicted octanol–water partition coefficient (Wildman–Crippen LogP) is -0.366. The number of aromatic nitrogens is 2. The van der Waals surface area contributed by atoms with Crippen molar-refractivity contribution in [3.63, 3.8) is 0 Å². The molecule has 3 N–H and O–H groups in total. The third-order valence-electron chi connectivity index (χ3n) is 1.87. The zero-order chi connectivity index (χ0) is 10.7. The first-order valence-corrected chi connectivity index (χ1v) is 4.95. The molecular formula is C8H12BrN3O2. The van der Waals surface area contributed by atoms with E-state index in [2.05, 4.69) is 20.9 Å². The van der Waals surface area contributed by atoms with Crippen LogP contribution in [0.1, 0.15) is 5.82 Å². The standard InChI is InChI=1S/C8H12BrN3O2/c1-5-11-3-7(9)8(14)12(5)4-6(13)2-10/h3,6,13H,2,4,10H2,1H3. The van der Waals surface area contributed by atoms with Crippen molar-refractivity contribution >= 4 is 15.9 Å². The predicted molar refractivity (Wildman–Crippen MR) is 56.0 cm³/mol. The average Bonchev–Trinajstić information content (AvgIpc) is 2.18. The molecule has 0 fully saturated rings. The molecule has 5 nitrogen and oxygen atoms in total. The summed E-state index contributed by atoms with van der Waals surface area (Å²) >= 11 is 3.08. The molecule has 0 saturated heterocycles. The summed E-state index contributed by atoms with van der Waals surface area (Å²) in [6, 6.07) is 0. The number of nitrogens with two attached hydrogens (primary N) is 1. The summed E-state index contributed by atoms with van der Waals surface area (Å²) in [6.45, 7) is 2.00. The molecule has 6 heteroatoms. The lowest BCUT2D eigenvalue weighted by atomic mass is 10.3. The highest BCUT2D eigenvalue weighted by atomic mass is 79.9. The van der Waals surface area contributed by atoms with Gasteiger partial charge in [0, 0.05) is 12.7 Å². The minimum atomic E-state index is -0.720. The van der Waals surface area contributed by atoms with Crippen LogP contribution in [0.15, 0.2) is 15.5 Å². The number of rotatable bonds is 3. The molecule has 1 atom stereocenters. The largest absolute Gasteiger partial charge is 0.390 e. The first-order valence-electron chi connectivity index (χ1n) is 4.16. The van der Waals surface area contributed by atoms with Crippen LogP contribution in [-0.4, -0.2) is 27.3 Å². The van der Waals surface area contributed by atoms with E-state index >= 15 is 0 Å². The third kappa shape index (κ3) is 2.40. The fourth-order valence-electron chi connectivity index (χ4n) is 1.05. The number of hydrogen-bond donors (Lipinski definition) is 2. The SMILES string of the molecule is Cc1ncc(Br)c(=O)n1CC(O)CN. The molecule has 0 aromatic carbocycles. The Morgan fingerprint density at radius 2 is 2.43 bits per heavy atom. The van der Waals surface area contributed by atoms with Crippen LogP contribution in [0, 0.1) is 6.92 Å². The van der Waals surface area contributed by atoms with Gasteiger partial charge in [-0.25, -0.2) is 4.98 Å². The molecule has 0 amide bonds. The Balaban J connectivity index is 3.07. The second-order valence-corrected chi connectivity index (χ2v) is 3.81. The van der Waals surface area contributed by atoms with Gasteiger partial charge in [-0.2, -0.15) is 0 Å². The molecule has 0 spiro atoms. The van der Waals surface area contributed by atoms with Crippen LogP contribution in [0.3, 0.4) is 0 Å². The van der Waals surface area contributed by atoms with E-state index in [4.69, 9.17) is 5.73 Å². The minimum Gasteiger partial charge on any atom is -0.390 e. The van der Waals surface area contributed by atoms with Crippen LogP contribution in [0.5, 0.6) is 0 Å². The lowest BCUT2D eigenvalue weighted by molar-refractivity contribution is 0.159. The molecular weight excluding hydrogens is 250 g/mol.